The highest BCUT2D eigenvalue weighted by Gasteiger charge is 2.10. The van der Waals surface area contributed by atoms with Crippen LogP contribution in [0.5, 0.6) is 0 Å². The summed E-state index contributed by atoms with van der Waals surface area (Å²) in [6.07, 6.45) is 0.522. The molecular formula is C14H20N2O2. The molecule has 0 aliphatic rings. The van der Waals surface area contributed by atoms with Gasteiger partial charge in [-0.2, -0.15) is 0 Å². The largest absolute Gasteiger partial charge is 0.326 e. The molecule has 18 heavy (non-hydrogen) atoms. The number of nitrogens with two attached hydrogens (primary N) is 1. The smallest absolute Gasteiger partial charge is 0.226 e. The molecule has 1 amide bonds. The summed E-state index contributed by atoms with van der Waals surface area (Å²) in [4.78, 5) is 22.5. The zero-order valence-corrected chi connectivity index (χ0v) is 11.1. The standard InChI is InChI=1S/C14H20N2O2/c1-9(2)14(18)16-12-6-4-11(5-7-12)8-13(15)10(3)17/h4-7,9,13H,8,15H2,1-3H3,(H,16,18). The highest BCUT2D eigenvalue weighted by atomic mass is 16.1. The van der Waals surface area contributed by atoms with E-state index < -0.39 is 6.04 Å². The van der Waals surface area contributed by atoms with E-state index in [4.69, 9.17) is 5.73 Å². The van der Waals surface area contributed by atoms with Crippen LogP contribution < -0.4 is 11.1 Å². The van der Waals surface area contributed by atoms with Crippen molar-refractivity contribution in [1.82, 2.24) is 0 Å². The number of rotatable bonds is 5. The van der Waals surface area contributed by atoms with E-state index in [1.165, 1.54) is 6.92 Å². The lowest BCUT2D eigenvalue weighted by Crippen LogP contribution is -2.30. The van der Waals surface area contributed by atoms with Crippen LogP contribution in [-0.2, 0) is 16.0 Å². The number of nitrogens with one attached hydrogen (secondary N) is 1. The summed E-state index contributed by atoms with van der Waals surface area (Å²) >= 11 is 0. The van der Waals surface area contributed by atoms with Crippen LogP contribution in [0.3, 0.4) is 0 Å². The molecule has 98 valence electrons. The Morgan fingerprint density at radius 2 is 1.78 bits per heavy atom. The van der Waals surface area contributed by atoms with E-state index in [1.807, 2.05) is 38.1 Å². The van der Waals surface area contributed by atoms with Crippen molar-refractivity contribution in [2.45, 2.75) is 33.2 Å². The molecule has 0 heterocycles. The molecule has 3 N–H and O–H groups in total. The molecular weight excluding hydrogens is 228 g/mol. The van der Waals surface area contributed by atoms with Crippen molar-refractivity contribution < 1.29 is 9.59 Å². The Labute approximate surface area is 108 Å². The molecule has 1 unspecified atom stereocenters. The minimum atomic E-state index is -0.457. The van der Waals surface area contributed by atoms with Crippen LogP contribution in [0.2, 0.25) is 0 Å². The fraction of sp³-hybridized carbons (Fsp3) is 0.429. The Hall–Kier alpha value is -1.68. The molecule has 0 aliphatic heterocycles. The predicted molar refractivity (Wildman–Crippen MR) is 72.3 cm³/mol. The number of carbonyl (C=O) groups excluding carboxylic acids is 2. The Bertz CT molecular complexity index is 424. The van der Waals surface area contributed by atoms with Gasteiger partial charge in [-0.1, -0.05) is 26.0 Å². The molecule has 0 saturated heterocycles. The summed E-state index contributed by atoms with van der Waals surface area (Å²) in [6, 6.07) is 6.93. The van der Waals surface area contributed by atoms with Crippen LogP contribution in [0.25, 0.3) is 0 Å². The fourth-order valence-electron chi connectivity index (χ4n) is 1.41. The molecule has 0 aliphatic carbocycles. The maximum Gasteiger partial charge on any atom is 0.226 e. The lowest BCUT2D eigenvalue weighted by Gasteiger charge is -2.10. The maximum atomic E-state index is 11.5. The molecule has 1 rings (SSSR count). The van der Waals surface area contributed by atoms with E-state index in [2.05, 4.69) is 5.32 Å². The van der Waals surface area contributed by atoms with Crippen molar-refractivity contribution in [2.75, 3.05) is 5.32 Å². The number of amides is 1. The van der Waals surface area contributed by atoms with Crippen LogP contribution in [0, 0.1) is 5.92 Å². The first-order valence-electron chi connectivity index (χ1n) is 6.06. The SMILES string of the molecule is CC(=O)C(N)Cc1ccc(NC(=O)C(C)C)cc1. The van der Waals surface area contributed by atoms with Crippen molar-refractivity contribution in [2.24, 2.45) is 11.7 Å². The first-order chi connectivity index (χ1) is 8.40. The van der Waals surface area contributed by atoms with Crippen molar-refractivity contribution in [3.8, 4) is 0 Å². The minimum Gasteiger partial charge on any atom is -0.326 e. The fourth-order valence-corrected chi connectivity index (χ4v) is 1.41. The molecule has 4 heteroatoms. The number of hydrogen-bond donors (Lipinski definition) is 2. The van der Waals surface area contributed by atoms with Crippen molar-refractivity contribution in [3.05, 3.63) is 29.8 Å². The van der Waals surface area contributed by atoms with Gasteiger partial charge in [-0.25, -0.2) is 0 Å². The minimum absolute atomic E-state index is 0.0109. The normalized spacial score (nSPS) is 12.3. The van der Waals surface area contributed by atoms with Crippen LogP contribution in [0.4, 0.5) is 5.69 Å². The summed E-state index contributed by atoms with van der Waals surface area (Å²) in [7, 11) is 0. The summed E-state index contributed by atoms with van der Waals surface area (Å²) in [5, 5.41) is 2.81. The van der Waals surface area contributed by atoms with Gasteiger partial charge in [-0.15, -0.1) is 0 Å². The van der Waals surface area contributed by atoms with E-state index in [0.717, 1.165) is 11.3 Å². The van der Waals surface area contributed by atoms with Crippen LogP contribution in [0.15, 0.2) is 24.3 Å². The van der Waals surface area contributed by atoms with Gasteiger partial charge >= 0.3 is 0 Å². The van der Waals surface area contributed by atoms with Gasteiger partial charge in [0.15, 0.2) is 0 Å². The third-order valence-corrected chi connectivity index (χ3v) is 2.72. The average Bonchev–Trinajstić information content (AvgIpc) is 2.31. The van der Waals surface area contributed by atoms with Crippen LogP contribution in [0.1, 0.15) is 26.3 Å². The van der Waals surface area contributed by atoms with E-state index in [-0.39, 0.29) is 17.6 Å². The monoisotopic (exact) mass is 248 g/mol. The third-order valence-electron chi connectivity index (χ3n) is 2.72. The van der Waals surface area contributed by atoms with Gasteiger partial charge in [-0.3, -0.25) is 9.59 Å². The number of benzene rings is 1. The Morgan fingerprint density at radius 1 is 1.22 bits per heavy atom. The molecule has 1 aromatic rings. The molecule has 0 aromatic heterocycles. The van der Waals surface area contributed by atoms with Crippen LogP contribution >= 0.6 is 0 Å². The van der Waals surface area contributed by atoms with Gasteiger partial charge in [-0.05, 0) is 31.0 Å². The molecule has 0 saturated carbocycles. The zero-order chi connectivity index (χ0) is 13.7. The summed E-state index contributed by atoms with van der Waals surface area (Å²) in [5.74, 6) is -0.0776. The Morgan fingerprint density at radius 3 is 2.22 bits per heavy atom. The van der Waals surface area contributed by atoms with Gasteiger partial charge in [0.25, 0.3) is 0 Å². The van der Waals surface area contributed by atoms with E-state index in [0.29, 0.717) is 6.42 Å². The molecule has 4 nitrogen and oxygen atoms in total. The highest BCUT2D eigenvalue weighted by molar-refractivity contribution is 5.92. The van der Waals surface area contributed by atoms with E-state index in [9.17, 15) is 9.59 Å². The topological polar surface area (TPSA) is 72.2 Å². The average molecular weight is 248 g/mol. The first-order valence-corrected chi connectivity index (χ1v) is 6.06. The molecule has 0 fully saturated rings. The Balaban J connectivity index is 2.63. The zero-order valence-electron chi connectivity index (χ0n) is 11.1. The first kappa shape index (κ1) is 14.4. The third kappa shape index (κ3) is 4.30. The highest BCUT2D eigenvalue weighted by Crippen LogP contribution is 2.12. The molecule has 0 spiro atoms. The molecule has 1 atom stereocenters. The predicted octanol–water partition coefficient (Wildman–Crippen LogP) is 1.74. The lowest BCUT2D eigenvalue weighted by molar-refractivity contribution is -0.119. The summed E-state index contributed by atoms with van der Waals surface area (Å²) in [5.41, 5.74) is 7.43. The van der Waals surface area contributed by atoms with Crippen LogP contribution in [-0.4, -0.2) is 17.7 Å². The summed E-state index contributed by atoms with van der Waals surface area (Å²) in [6.45, 7) is 5.17. The second-order valence-electron chi connectivity index (χ2n) is 4.76. The molecule has 0 radical (unpaired) electrons. The van der Waals surface area contributed by atoms with E-state index in [1.54, 1.807) is 0 Å². The maximum absolute atomic E-state index is 11.5. The van der Waals surface area contributed by atoms with Crippen molar-refractivity contribution >= 4 is 17.4 Å². The number of carbonyl (C=O) groups is 2. The number of anilines is 1. The van der Waals surface area contributed by atoms with Gasteiger partial charge < -0.3 is 11.1 Å². The van der Waals surface area contributed by atoms with Gasteiger partial charge in [0.05, 0.1) is 6.04 Å². The van der Waals surface area contributed by atoms with Gasteiger partial charge in [0.2, 0.25) is 5.91 Å². The van der Waals surface area contributed by atoms with Crippen molar-refractivity contribution in [3.63, 3.8) is 0 Å². The van der Waals surface area contributed by atoms with Gasteiger partial charge in [0.1, 0.15) is 5.78 Å². The number of ketones is 1. The van der Waals surface area contributed by atoms with Gasteiger partial charge in [0, 0.05) is 11.6 Å². The quantitative estimate of drug-likeness (QED) is 0.833. The number of Topliss-reactive ketones (excluding diaryl/α,β-unsaturated/α-hetero) is 1. The van der Waals surface area contributed by atoms with E-state index >= 15 is 0 Å². The Kier molecular flexibility index (Phi) is 5.04. The molecule has 1 aromatic carbocycles. The second-order valence-corrected chi connectivity index (χ2v) is 4.76. The van der Waals surface area contributed by atoms with Crippen molar-refractivity contribution in [1.29, 1.82) is 0 Å². The summed E-state index contributed by atoms with van der Waals surface area (Å²) < 4.78 is 0. The number of hydrogen-bond acceptors (Lipinski definition) is 3. The second kappa shape index (κ2) is 6.31. The lowest BCUT2D eigenvalue weighted by atomic mass is 10.0. The molecule has 0 bridgehead atoms.